The molecule has 10 nitrogen and oxygen atoms in total. The topological polar surface area (TPSA) is 143 Å². The zero-order chi connectivity index (χ0) is 21.8. The van der Waals surface area contributed by atoms with Crippen LogP contribution < -0.4 is 5.56 Å². The van der Waals surface area contributed by atoms with Gasteiger partial charge in [-0.05, 0) is 0 Å². The number of aromatic amines is 1. The monoisotopic (exact) mass is 442 g/mol. The van der Waals surface area contributed by atoms with E-state index in [2.05, 4.69) is 21.9 Å². The summed E-state index contributed by atoms with van der Waals surface area (Å²) in [6.07, 6.45) is 0.436. The third-order valence-electron chi connectivity index (χ3n) is 6.89. The van der Waals surface area contributed by atoms with Gasteiger partial charge >= 0.3 is 174 Å². The number of imidazole rings is 1. The molecule has 168 valence electrons. The molecule has 2 aliphatic heterocycles. The van der Waals surface area contributed by atoms with Crippen LogP contribution in [0.1, 0.15) is 53.2 Å². The predicted molar refractivity (Wildman–Crippen MR) is 113 cm³/mol. The summed E-state index contributed by atoms with van der Waals surface area (Å²) in [7, 11) is -2.78. The van der Waals surface area contributed by atoms with Gasteiger partial charge in [-0.2, -0.15) is 0 Å². The summed E-state index contributed by atoms with van der Waals surface area (Å²) in [6, 6.07) is 0. The van der Waals surface area contributed by atoms with Crippen molar-refractivity contribution < 1.29 is 24.4 Å². The van der Waals surface area contributed by atoms with Gasteiger partial charge in [0.1, 0.15) is 0 Å². The molecule has 2 saturated heterocycles. The maximum atomic E-state index is 11.9. The molecule has 4 heterocycles. The second kappa shape index (κ2) is 7.62. The Morgan fingerprint density at radius 2 is 2.07 bits per heavy atom. The number of hydrogen-bond donors (Lipinski definition) is 4. The average Bonchev–Trinajstić information content (AvgIpc) is 3.01. The van der Waals surface area contributed by atoms with Crippen molar-refractivity contribution >= 4 is 18.9 Å². The van der Waals surface area contributed by atoms with Crippen LogP contribution in [0.5, 0.6) is 0 Å². The van der Waals surface area contributed by atoms with E-state index in [9.17, 15) is 19.9 Å². The average molecular weight is 442 g/mol. The van der Waals surface area contributed by atoms with Crippen LogP contribution in [0.3, 0.4) is 0 Å². The van der Waals surface area contributed by atoms with Crippen molar-refractivity contribution in [3.05, 3.63) is 23.0 Å². The number of fused-ring (bicyclic) bond motifs is 1. The van der Waals surface area contributed by atoms with Crippen molar-refractivity contribution in [2.24, 2.45) is 0 Å². The van der Waals surface area contributed by atoms with Gasteiger partial charge in [0, 0.05) is 0 Å². The first-order valence-corrected chi connectivity index (χ1v) is 12.5. The Bertz CT molecular complexity index is 983. The molecule has 30 heavy (non-hydrogen) atoms. The van der Waals surface area contributed by atoms with Crippen molar-refractivity contribution in [3.8, 4) is 0 Å². The van der Waals surface area contributed by atoms with Crippen LogP contribution in [-0.2, 0) is 9.26 Å². The second-order valence-corrected chi connectivity index (χ2v) is 12.1. The summed E-state index contributed by atoms with van der Waals surface area (Å²) >= 11 is 0. The maximum absolute atomic E-state index is 11.9. The van der Waals surface area contributed by atoms with Gasteiger partial charge in [0.05, 0.1) is 0 Å². The minimum atomic E-state index is -2.78. The van der Waals surface area contributed by atoms with Crippen molar-refractivity contribution in [1.29, 1.82) is 0 Å². The number of nitrogens with one attached hydrogen (secondary N) is 1. The third-order valence-corrected chi connectivity index (χ3v) is 11.0. The first-order valence-electron chi connectivity index (χ1n) is 10.5. The molecule has 0 radical (unpaired) electrons. The predicted octanol–water partition coefficient (Wildman–Crippen LogP) is 1.07. The van der Waals surface area contributed by atoms with Gasteiger partial charge in [0.25, 0.3) is 0 Å². The van der Waals surface area contributed by atoms with Gasteiger partial charge in [0.15, 0.2) is 0 Å². The van der Waals surface area contributed by atoms with Crippen molar-refractivity contribution in [2.45, 2.75) is 88.4 Å². The molecule has 2 aliphatic rings. The molecule has 0 amide bonds. The first kappa shape index (κ1) is 21.8. The Kier molecular flexibility index (Phi) is 5.53. The van der Waals surface area contributed by atoms with Gasteiger partial charge in [0.2, 0.25) is 0 Å². The fraction of sp³-hybridized carbons (Fsp3) is 0.737. The molecule has 0 aromatic carbocycles. The standard InChI is InChI=1S/C19H31N4O6P/c1-5-12-10(3)30(12,27)29-19(4,6-2)7-11-14(24)15(25)18(28-11)23-9-22-13-16(23)20-8-21-17(13)26/h8-12,14-15,18,24-25,27,30H,5-7H2,1-4H3,(H,20,21,26)/t10?,11-,12?,14-,15-,18+,19+/m1/s1. The normalized spacial score (nSPS) is 36.0. The molecule has 4 rings (SSSR count). The molecule has 0 aliphatic carbocycles. The van der Waals surface area contributed by atoms with Crippen LogP contribution >= 0.6 is 7.72 Å². The summed E-state index contributed by atoms with van der Waals surface area (Å²) in [6.45, 7) is 7.97. The van der Waals surface area contributed by atoms with E-state index >= 15 is 0 Å². The van der Waals surface area contributed by atoms with E-state index in [1.165, 1.54) is 17.2 Å². The first-order chi connectivity index (χ1) is 14.1. The number of nitrogens with zero attached hydrogens (tertiary/aromatic N) is 3. The van der Waals surface area contributed by atoms with E-state index in [1.54, 1.807) is 0 Å². The number of ether oxygens (including phenoxy) is 1. The summed E-state index contributed by atoms with van der Waals surface area (Å²) < 4.78 is 13.8. The van der Waals surface area contributed by atoms with Gasteiger partial charge in [-0.25, -0.2) is 0 Å². The van der Waals surface area contributed by atoms with E-state index in [4.69, 9.17) is 9.26 Å². The van der Waals surface area contributed by atoms with Crippen molar-refractivity contribution in [2.75, 3.05) is 0 Å². The fourth-order valence-electron chi connectivity index (χ4n) is 4.67. The Morgan fingerprint density at radius 1 is 1.33 bits per heavy atom. The summed E-state index contributed by atoms with van der Waals surface area (Å²) in [4.78, 5) is 33.5. The van der Waals surface area contributed by atoms with Crippen LogP contribution in [0, 0.1) is 0 Å². The van der Waals surface area contributed by atoms with E-state index in [1.807, 2.05) is 20.8 Å². The number of rotatable bonds is 7. The molecule has 0 saturated carbocycles. The molecule has 4 N–H and O–H groups in total. The number of aliphatic hydroxyl groups is 2. The molecular weight excluding hydrogens is 411 g/mol. The zero-order valence-corrected chi connectivity index (χ0v) is 18.6. The van der Waals surface area contributed by atoms with Crippen molar-refractivity contribution in [1.82, 2.24) is 19.5 Å². The van der Waals surface area contributed by atoms with E-state index in [0.29, 0.717) is 12.8 Å². The summed E-state index contributed by atoms with van der Waals surface area (Å²) in [5.74, 6) is 0. The molecule has 11 heteroatoms. The molecule has 2 aromatic rings. The van der Waals surface area contributed by atoms with E-state index in [-0.39, 0.29) is 22.5 Å². The molecule has 0 bridgehead atoms. The Morgan fingerprint density at radius 3 is 2.70 bits per heavy atom. The molecular formula is C19H31N4O6P. The SMILES string of the molecule is CCC1C(C)[PH]1(O)O[C@@](C)(CC)C[C@H]1O[C@H](n2cnc3c(=O)[nH]cnc32)[C@H](O)[C@@H]1O. The minimum absolute atomic E-state index is 0.134. The summed E-state index contributed by atoms with van der Waals surface area (Å²) in [5.41, 5.74) is -0.275. The number of aromatic nitrogens is 4. The zero-order valence-electron chi connectivity index (χ0n) is 17.6. The number of H-pyrrole nitrogens is 1. The van der Waals surface area contributed by atoms with Gasteiger partial charge in [-0.1, -0.05) is 0 Å². The van der Waals surface area contributed by atoms with Gasteiger partial charge < -0.3 is 0 Å². The van der Waals surface area contributed by atoms with Crippen LogP contribution in [0.15, 0.2) is 17.4 Å². The Balaban J connectivity index is 1.54. The second-order valence-electron chi connectivity index (χ2n) is 8.77. The van der Waals surface area contributed by atoms with Gasteiger partial charge in [-0.3, -0.25) is 0 Å². The Hall–Kier alpha value is -1.42. The number of aliphatic hydroxyl groups excluding tert-OH is 2. The van der Waals surface area contributed by atoms with Crippen LogP contribution in [-0.4, -0.2) is 69.9 Å². The molecule has 2 aromatic heterocycles. The summed E-state index contributed by atoms with van der Waals surface area (Å²) in [5, 5.41) is 21.3. The third kappa shape index (κ3) is 3.39. The van der Waals surface area contributed by atoms with Crippen LogP contribution in [0.2, 0.25) is 0 Å². The quantitative estimate of drug-likeness (QED) is 0.467. The van der Waals surface area contributed by atoms with Crippen LogP contribution in [0.25, 0.3) is 11.2 Å². The Labute approximate surface area is 174 Å². The number of hydrogen-bond acceptors (Lipinski definition) is 8. The van der Waals surface area contributed by atoms with Crippen molar-refractivity contribution in [3.63, 3.8) is 0 Å². The molecule has 2 fully saturated rings. The van der Waals surface area contributed by atoms with Crippen LogP contribution in [0.4, 0.5) is 0 Å². The van der Waals surface area contributed by atoms with E-state index < -0.39 is 43.4 Å². The van der Waals surface area contributed by atoms with E-state index in [0.717, 1.165) is 6.42 Å². The molecule has 2 unspecified atom stereocenters. The fourth-order valence-corrected chi connectivity index (χ4v) is 8.46. The molecule has 7 atom stereocenters. The molecule has 0 spiro atoms. The van der Waals surface area contributed by atoms with Gasteiger partial charge in [-0.15, -0.1) is 0 Å².